The second-order valence-electron chi connectivity index (χ2n) is 8.20. The first-order chi connectivity index (χ1) is 8.72. The van der Waals surface area contributed by atoms with Crippen LogP contribution in [0.15, 0.2) is 0 Å². The average Bonchev–Trinajstić information content (AvgIpc) is 3.00. The van der Waals surface area contributed by atoms with E-state index < -0.39 is 0 Å². The van der Waals surface area contributed by atoms with E-state index >= 15 is 0 Å². The molecular formula is C17H29N. The van der Waals surface area contributed by atoms with Gasteiger partial charge in [-0.25, -0.2) is 0 Å². The molecule has 1 nitrogen and oxygen atoms in total. The summed E-state index contributed by atoms with van der Waals surface area (Å²) in [6, 6.07) is 0. The molecule has 0 heterocycles. The van der Waals surface area contributed by atoms with Crippen LogP contribution in [0.3, 0.4) is 0 Å². The van der Waals surface area contributed by atoms with Crippen molar-refractivity contribution in [1.82, 2.24) is 0 Å². The van der Waals surface area contributed by atoms with Gasteiger partial charge in [-0.2, -0.15) is 0 Å². The van der Waals surface area contributed by atoms with Crippen LogP contribution in [0.25, 0.3) is 0 Å². The van der Waals surface area contributed by atoms with Crippen molar-refractivity contribution in [3.8, 4) is 0 Å². The third-order valence-electron chi connectivity index (χ3n) is 6.76. The van der Waals surface area contributed by atoms with Crippen molar-refractivity contribution in [3.63, 3.8) is 0 Å². The molecule has 1 heteroatoms. The van der Waals surface area contributed by atoms with Gasteiger partial charge in [-0.05, 0) is 81.0 Å². The second-order valence-corrected chi connectivity index (χ2v) is 8.20. The van der Waals surface area contributed by atoms with Gasteiger partial charge in [0.1, 0.15) is 0 Å². The molecule has 4 aliphatic carbocycles. The number of fused-ring (bicyclic) bond motifs is 2. The summed E-state index contributed by atoms with van der Waals surface area (Å²) in [5.74, 6) is 5.24. The lowest BCUT2D eigenvalue weighted by Crippen LogP contribution is -2.46. The Kier molecular flexibility index (Phi) is 2.76. The zero-order valence-corrected chi connectivity index (χ0v) is 11.7. The molecule has 102 valence electrons. The van der Waals surface area contributed by atoms with E-state index in [1.165, 1.54) is 64.2 Å². The summed E-state index contributed by atoms with van der Waals surface area (Å²) in [6.07, 6.45) is 16.1. The summed E-state index contributed by atoms with van der Waals surface area (Å²) in [5, 5.41) is 0. The third-order valence-corrected chi connectivity index (χ3v) is 6.76. The Morgan fingerprint density at radius 1 is 0.889 bits per heavy atom. The molecule has 4 aliphatic rings. The Morgan fingerprint density at radius 3 is 2.39 bits per heavy atom. The zero-order chi connectivity index (χ0) is 12.2. The van der Waals surface area contributed by atoms with Crippen LogP contribution < -0.4 is 5.73 Å². The molecule has 0 aliphatic heterocycles. The summed E-state index contributed by atoms with van der Waals surface area (Å²) in [6.45, 7) is 0. The summed E-state index contributed by atoms with van der Waals surface area (Å²) < 4.78 is 0. The Labute approximate surface area is 112 Å². The molecule has 0 radical (unpaired) electrons. The lowest BCUT2D eigenvalue weighted by Gasteiger charge is -2.41. The molecule has 5 atom stereocenters. The van der Waals surface area contributed by atoms with Crippen molar-refractivity contribution in [3.05, 3.63) is 0 Å². The van der Waals surface area contributed by atoms with E-state index in [4.69, 9.17) is 5.73 Å². The first kappa shape index (κ1) is 11.8. The predicted octanol–water partition coefficient (Wildman–Crippen LogP) is 4.11. The van der Waals surface area contributed by atoms with E-state index in [0.717, 1.165) is 29.6 Å². The maximum atomic E-state index is 6.83. The van der Waals surface area contributed by atoms with E-state index in [1.807, 2.05) is 0 Å². The van der Waals surface area contributed by atoms with Gasteiger partial charge in [0.2, 0.25) is 0 Å². The lowest BCUT2D eigenvalue weighted by atomic mass is 9.68. The molecule has 4 saturated carbocycles. The standard InChI is InChI=1S/C17H29N/c18-17(7-1-2-15(10-17)13-5-6-13)11-16-9-12-3-4-14(16)8-12/h12-16H,1-11,18H2. The number of hydrogen-bond acceptors (Lipinski definition) is 1. The monoisotopic (exact) mass is 247 g/mol. The molecule has 0 aromatic heterocycles. The quantitative estimate of drug-likeness (QED) is 0.798. The Hall–Kier alpha value is -0.0400. The van der Waals surface area contributed by atoms with Gasteiger partial charge < -0.3 is 5.73 Å². The minimum Gasteiger partial charge on any atom is -0.325 e. The van der Waals surface area contributed by atoms with E-state index in [2.05, 4.69) is 0 Å². The summed E-state index contributed by atoms with van der Waals surface area (Å²) in [5.41, 5.74) is 7.06. The third kappa shape index (κ3) is 2.13. The fourth-order valence-electron chi connectivity index (χ4n) is 5.75. The molecule has 0 saturated heterocycles. The van der Waals surface area contributed by atoms with Crippen LogP contribution in [-0.4, -0.2) is 5.54 Å². The van der Waals surface area contributed by atoms with E-state index in [-0.39, 0.29) is 5.54 Å². The molecule has 4 rings (SSSR count). The van der Waals surface area contributed by atoms with Crippen LogP contribution in [0, 0.1) is 29.6 Å². The van der Waals surface area contributed by atoms with Crippen LogP contribution in [0.4, 0.5) is 0 Å². The molecule has 0 spiro atoms. The van der Waals surface area contributed by atoms with Gasteiger partial charge in [-0.1, -0.05) is 19.3 Å². The molecule has 5 unspecified atom stereocenters. The SMILES string of the molecule is NC1(CC2CC3CCC2C3)CCCC(C2CC2)C1. The van der Waals surface area contributed by atoms with Crippen LogP contribution in [-0.2, 0) is 0 Å². The Morgan fingerprint density at radius 2 is 1.72 bits per heavy atom. The minimum atomic E-state index is 0.237. The van der Waals surface area contributed by atoms with Gasteiger partial charge in [-0.15, -0.1) is 0 Å². The predicted molar refractivity (Wildman–Crippen MR) is 75.2 cm³/mol. The van der Waals surface area contributed by atoms with E-state index in [1.54, 1.807) is 6.42 Å². The molecule has 0 aromatic carbocycles. The lowest BCUT2D eigenvalue weighted by molar-refractivity contribution is 0.151. The zero-order valence-electron chi connectivity index (χ0n) is 11.7. The van der Waals surface area contributed by atoms with Crippen molar-refractivity contribution in [2.24, 2.45) is 35.3 Å². The van der Waals surface area contributed by atoms with Gasteiger partial charge in [0.25, 0.3) is 0 Å². The molecule has 18 heavy (non-hydrogen) atoms. The van der Waals surface area contributed by atoms with Crippen molar-refractivity contribution in [2.75, 3.05) is 0 Å². The number of rotatable bonds is 3. The Bertz CT molecular complexity index is 322. The number of hydrogen-bond donors (Lipinski definition) is 1. The first-order valence-corrected chi connectivity index (χ1v) is 8.51. The smallest absolute Gasteiger partial charge is 0.0159 e. The maximum absolute atomic E-state index is 6.83. The molecule has 2 N–H and O–H groups in total. The molecular weight excluding hydrogens is 218 g/mol. The van der Waals surface area contributed by atoms with Crippen LogP contribution in [0.2, 0.25) is 0 Å². The normalized spacial score (nSPS) is 51.8. The second kappa shape index (κ2) is 4.23. The van der Waals surface area contributed by atoms with Gasteiger partial charge in [0.05, 0.1) is 0 Å². The van der Waals surface area contributed by atoms with E-state index in [9.17, 15) is 0 Å². The van der Waals surface area contributed by atoms with Crippen molar-refractivity contribution in [2.45, 2.75) is 76.2 Å². The topological polar surface area (TPSA) is 26.0 Å². The van der Waals surface area contributed by atoms with Gasteiger partial charge in [-0.3, -0.25) is 0 Å². The summed E-state index contributed by atoms with van der Waals surface area (Å²) in [7, 11) is 0. The average molecular weight is 247 g/mol. The highest BCUT2D eigenvalue weighted by Crippen LogP contribution is 2.53. The highest BCUT2D eigenvalue weighted by molar-refractivity contribution is 5.00. The first-order valence-electron chi connectivity index (χ1n) is 8.51. The number of nitrogens with two attached hydrogens (primary N) is 1. The largest absolute Gasteiger partial charge is 0.325 e. The van der Waals surface area contributed by atoms with Crippen LogP contribution in [0.5, 0.6) is 0 Å². The minimum absolute atomic E-state index is 0.237. The van der Waals surface area contributed by atoms with Gasteiger partial charge in [0, 0.05) is 5.54 Å². The van der Waals surface area contributed by atoms with Crippen molar-refractivity contribution >= 4 is 0 Å². The van der Waals surface area contributed by atoms with Gasteiger partial charge in [0.15, 0.2) is 0 Å². The van der Waals surface area contributed by atoms with Crippen molar-refractivity contribution < 1.29 is 0 Å². The maximum Gasteiger partial charge on any atom is 0.0159 e. The highest BCUT2D eigenvalue weighted by Gasteiger charge is 2.45. The van der Waals surface area contributed by atoms with Crippen molar-refractivity contribution in [1.29, 1.82) is 0 Å². The summed E-state index contributed by atoms with van der Waals surface area (Å²) >= 11 is 0. The highest BCUT2D eigenvalue weighted by atomic mass is 14.8. The molecule has 2 bridgehead atoms. The summed E-state index contributed by atoms with van der Waals surface area (Å²) in [4.78, 5) is 0. The Balaban J connectivity index is 1.39. The molecule has 0 amide bonds. The fraction of sp³-hybridized carbons (Fsp3) is 1.00. The van der Waals surface area contributed by atoms with Gasteiger partial charge >= 0.3 is 0 Å². The van der Waals surface area contributed by atoms with Crippen LogP contribution >= 0.6 is 0 Å². The van der Waals surface area contributed by atoms with Crippen LogP contribution in [0.1, 0.15) is 70.6 Å². The van der Waals surface area contributed by atoms with E-state index in [0.29, 0.717) is 0 Å². The fourth-order valence-corrected chi connectivity index (χ4v) is 5.75. The molecule has 4 fully saturated rings. The molecule has 0 aromatic rings.